The van der Waals surface area contributed by atoms with E-state index >= 15 is 0 Å². The van der Waals surface area contributed by atoms with E-state index in [0.29, 0.717) is 6.54 Å². The van der Waals surface area contributed by atoms with Gasteiger partial charge < -0.3 is 20.3 Å². The fourth-order valence-corrected chi connectivity index (χ4v) is 1.65. The second kappa shape index (κ2) is 8.37. The first-order valence-corrected chi connectivity index (χ1v) is 6.42. The number of para-hydroxylation sites is 2. The predicted molar refractivity (Wildman–Crippen MR) is 77.7 cm³/mol. The maximum atomic E-state index is 11.6. The van der Waals surface area contributed by atoms with Crippen LogP contribution in [0.2, 0.25) is 0 Å². The highest BCUT2D eigenvalue weighted by molar-refractivity contribution is 5.81. The van der Waals surface area contributed by atoms with Crippen molar-refractivity contribution in [3.05, 3.63) is 24.3 Å². The van der Waals surface area contributed by atoms with Crippen LogP contribution >= 0.6 is 0 Å². The first kappa shape index (κ1) is 15.3. The molecule has 1 rings (SSSR count). The van der Waals surface area contributed by atoms with Crippen molar-refractivity contribution in [3.8, 4) is 5.75 Å². The van der Waals surface area contributed by atoms with Gasteiger partial charge in [0.15, 0.2) is 0 Å². The molecule has 1 aromatic rings. The van der Waals surface area contributed by atoms with Gasteiger partial charge >= 0.3 is 0 Å². The van der Waals surface area contributed by atoms with Crippen LogP contribution < -0.4 is 15.4 Å². The average Bonchev–Trinajstić information content (AvgIpc) is 2.41. The summed E-state index contributed by atoms with van der Waals surface area (Å²) in [6.45, 7) is 1.92. The predicted octanol–water partition coefficient (Wildman–Crippen LogP) is 1.17. The molecule has 0 bridgehead atoms. The Kier molecular flexibility index (Phi) is 6.74. The van der Waals surface area contributed by atoms with E-state index in [1.807, 2.05) is 38.4 Å². The molecule has 0 fully saturated rings. The second-order valence-corrected chi connectivity index (χ2v) is 4.56. The molecule has 0 atom stereocenters. The van der Waals surface area contributed by atoms with Crippen molar-refractivity contribution >= 4 is 11.6 Å². The van der Waals surface area contributed by atoms with Gasteiger partial charge in [-0.3, -0.25) is 4.79 Å². The van der Waals surface area contributed by atoms with Crippen LogP contribution in [-0.2, 0) is 4.79 Å². The molecule has 0 saturated heterocycles. The monoisotopic (exact) mass is 265 g/mol. The molecule has 2 N–H and O–H groups in total. The Morgan fingerprint density at radius 3 is 2.74 bits per heavy atom. The van der Waals surface area contributed by atoms with Crippen molar-refractivity contribution in [1.82, 2.24) is 10.2 Å². The number of ether oxygens (including phenoxy) is 1. The summed E-state index contributed by atoms with van der Waals surface area (Å²) in [7, 11) is 5.65. The van der Waals surface area contributed by atoms with E-state index in [4.69, 9.17) is 4.74 Å². The van der Waals surface area contributed by atoms with E-state index in [1.165, 1.54) is 0 Å². The Hall–Kier alpha value is -1.75. The van der Waals surface area contributed by atoms with Crippen LogP contribution in [0.15, 0.2) is 24.3 Å². The fourth-order valence-electron chi connectivity index (χ4n) is 1.65. The number of hydrogen-bond acceptors (Lipinski definition) is 4. The molecule has 0 saturated carbocycles. The number of carbonyl (C=O) groups excluding carboxylic acids is 1. The van der Waals surface area contributed by atoms with Crippen molar-refractivity contribution in [3.63, 3.8) is 0 Å². The molecule has 1 aromatic carbocycles. The van der Waals surface area contributed by atoms with E-state index in [-0.39, 0.29) is 12.5 Å². The molecule has 1 amide bonds. The smallest absolute Gasteiger partial charge is 0.239 e. The molecule has 0 radical (unpaired) electrons. The van der Waals surface area contributed by atoms with Gasteiger partial charge in [0.25, 0.3) is 0 Å². The number of hydrogen-bond donors (Lipinski definition) is 2. The topological polar surface area (TPSA) is 53.6 Å². The summed E-state index contributed by atoms with van der Waals surface area (Å²) in [5.41, 5.74) is 0.827. The summed E-state index contributed by atoms with van der Waals surface area (Å²) in [5.74, 6) is 0.729. The maximum Gasteiger partial charge on any atom is 0.239 e. The molecule has 0 aliphatic rings. The molecule has 0 heterocycles. The van der Waals surface area contributed by atoms with Crippen molar-refractivity contribution in [2.24, 2.45) is 0 Å². The summed E-state index contributed by atoms with van der Waals surface area (Å²) in [4.78, 5) is 13.7. The average molecular weight is 265 g/mol. The maximum absolute atomic E-state index is 11.6. The van der Waals surface area contributed by atoms with Crippen molar-refractivity contribution in [2.75, 3.05) is 46.2 Å². The summed E-state index contributed by atoms with van der Waals surface area (Å²) in [6, 6.07) is 7.54. The molecule has 0 aliphatic heterocycles. The van der Waals surface area contributed by atoms with Crippen LogP contribution in [0.5, 0.6) is 5.75 Å². The SMILES string of the molecule is COc1ccccc1NCC(=O)NCCCN(C)C. The van der Waals surface area contributed by atoms with Crippen LogP contribution in [0.25, 0.3) is 0 Å². The molecule has 19 heavy (non-hydrogen) atoms. The van der Waals surface area contributed by atoms with Crippen molar-refractivity contribution in [1.29, 1.82) is 0 Å². The van der Waals surface area contributed by atoms with Crippen LogP contribution in [-0.4, -0.2) is 51.6 Å². The van der Waals surface area contributed by atoms with Crippen LogP contribution in [0.4, 0.5) is 5.69 Å². The number of amides is 1. The normalized spacial score (nSPS) is 10.3. The number of benzene rings is 1. The van der Waals surface area contributed by atoms with E-state index in [9.17, 15) is 4.79 Å². The number of carbonyl (C=O) groups is 1. The molecule has 0 spiro atoms. The Labute approximate surface area is 114 Å². The van der Waals surface area contributed by atoms with Gasteiger partial charge in [-0.2, -0.15) is 0 Å². The number of nitrogens with one attached hydrogen (secondary N) is 2. The Bertz CT molecular complexity index is 394. The van der Waals surface area contributed by atoms with Gasteiger partial charge in [-0.15, -0.1) is 0 Å². The molecular formula is C14H23N3O2. The second-order valence-electron chi connectivity index (χ2n) is 4.56. The van der Waals surface area contributed by atoms with Gasteiger partial charge in [-0.05, 0) is 39.2 Å². The van der Waals surface area contributed by atoms with Crippen molar-refractivity contribution in [2.45, 2.75) is 6.42 Å². The lowest BCUT2D eigenvalue weighted by atomic mass is 10.3. The lowest BCUT2D eigenvalue weighted by molar-refractivity contribution is -0.119. The third-order valence-electron chi connectivity index (χ3n) is 2.65. The van der Waals surface area contributed by atoms with E-state index in [2.05, 4.69) is 15.5 Å². The Balaban J connectivity index is 2.26. The van der Waals surface area contributed by atoms with E-state index in [1.54, 1.807) is 7.11 Å². The molecule has 5 heteroatoms. The molecule has 0 aromatic heterocycles. The number of methoxy groups -OCH3 is 1. The highest BCUT2D eigenvalue weighted by Gasteiger charge is 2.04. The lowest BCUT2D eigenvalue weighted by Crippen LogP contribution is -2.32. The van der Waals surface area contributed by atoms with Gasteiger partial charge in [-0.1, -0.05) is 12.1 Å². The first-order chi connectivity index (χ1) is 9.13. The molecule has 0 aliphatic carbocycles. The summed E-state index contributed by atoms with van der Waals surface area (Å²) < 4.78 is 5.20. The number of rotatable bonds is 8. The van der Waals surface area contributed by atoms with Gasteiger partial charge in [-0.25, -0.2) is 0 Å². The zero-order valence-electron chi connectivity index (χ0n) is 11.9. The van der Waals surface area contributed by atoms with Gasteiger partial charge in [0.1, 0.15) is 5.75 Å². The zero-order chi connectivity index (χ0) is 14.1. The van der Waals surface area contributed by atoms with E-state index in [0.717, 1.165) is 24.4 Å². The first-order valence-electron chi connectivity index (χ1n) is 6.42. The summed E-state index contributed by atoms with van der Waals surface area (Å²) in [6.07, 6.45) is 0.952. The number of anilines is 1. The highest BCUT2D eigenvalue weighted by Crippen LogP contribution is 2.22. The highest BCUT2D eigenvalue weighted by atomic mass is 16.5. The largest absolute Gasteiger partial charge is 0.495 e. The minimum atomic E-state index is -0.00957. The summed E-state index contributed by atoms with van der Waals surface area (Å²) >= 11 is 0. The van der Waals surface area contributed by atoms with Gasteiger partial charge in [0, 0.05) is 6.54 Å². The molecular weight excluding hydrogens is 242 g/mol. The number of nitrogens with zero attached hydrogens (tertiary/aromatic N) is 1. The van der Waals surface area contributed by atoms with Crippen LogP contribution in [0.3, 0.4) is 0 Å². The van der Waals surface area contributed by atoms with Crippen LogP contribution in [0, 0.1) is 0 Å². The quantitative estimate of drug-likeness (QED) is 0.693. The molecule has 0 unspecified atom stereocenters. The third-order valence-corrected chi connectivity index (χ3v) is 2.65. The molecule has 5 nitrogen and oxygen atoms in total. The minimum absolute atomic E-state index is 0.00957. The standard InChI is InChI=1S/C14H23N3O2/c1-17(2)10-6-9-15-14(18)11-16-12-7-4-5-8-13(12)19-3/h4-5,7-8,16H,6,9-11H2,1-3H3,(H,15,18). The summed E-state index contributed by atoms with van der Waals surface area (Å²) in [5, 5.41) is 5.94. The molecule has 106 valence electrons. The Morgan fingerprint density at radius 1 is 1.32 bits per heavy atom. The van der Waals surface area contributed by atoms with Gasteiger partial charge in [0.05, 0.1) is 19.3 Å². The van der Waals surface area contributed by atoms with Crippen molar-refractivity contribution < 1.29 is 9.53 Å². The van der Waals surface area contributed by atoms with E-state index < -0.39 is 0 Å². The van der Waals surface area contributed by atoms with Crippen LogP contribution in [0.1, 0.15) is 6.42 Å². The zero-order valence-corrected chi connectivity index (χ0v) is 11.9. The van der Waals surface area contributed by atoms with Gasteiger partial charge in [0.2, 0.25) is 5.91 Å². The third kappa shape index (κ3) is 6.10. The Morgan fingerprint density at radius 2 is 2.05 bits per heavy atom. The minimum Gasteiger partial charge on any atom is -0.495 e. The fraction of sp³-hybridized carbons (Fsp3) is 0.500. The lowest BCUT2D eigenvalue weighted by Gasteiger charge is -2.12.